The number of pyridine rings is 1. The summed E-state index contributed by atoms with van der Waals surface area (Å²) in [6.07, 6.45) is 1.98. The summed E-state index contributed by atoms with van der Waals surface area (Å²) >= 11 is 0. The molecule has 1 atom stereocenters. The van der Waals surface area contributed by atoms with E-state index >= 15 is 0 Å². The second-order valence-electron chi connectivity index (χ2n) is 5.21. The minimum Gasteiger partial charge on any atom is -0.478 e. The van der Waals surface area contributed by atoms with Crippen LogP contribution in [0.3, 0.4) is 0 Å². The lowest BCUT2D eigenvalue weighted by atomic mass is 10.1. The van der Waals surface area contributed by atoms with Gasteiger partial charge in [-0.15, -0.1) is 0 Å². The number of sulfone groups is 1. The van der Waals surface area contributed by atoms with Gasteiger partial charge in [0.2, 0.25) is 5.43 Å². The molecule has 116 valence electrons. The van der Waals surface area contributed by atoms with E-state index < -0.39 is 9.84 Å². The lowest BCUT2D eigenvalue weighted by Crippen LogP contribution is -2.34. The third-order valence-electron chi connectivity index (χ3n) is 3.29. The van der Waals surface area contributed by atoms with Crippen LogP contribution in [0.1, 0.15) is 12.1 Å². The number of aromatic amines is 1. The monoisotopic (exact) mass is 314 g/mol. The van der Waals surface area contributed by atoms with Crippen molar-refractivity contribution in [1.29, 1.82) is 0 Å². The highest BCUT2D eigenvalue weighted by molar-refractivity contribution is 7.91. The van der Waals surface area contributed by atoms with Gasteiger partial charge >= 0.3 is 0 Å². The van der Waals surface area contributed by atoms with Gasteiger partial charge in [-0.3, -0.25) is 9.59 Å². The zero-order valence-electron chi connectivity index (χ0n) is 11.7. The second-order valence-corrected chi connectivity index (χ2v) is 7.44. The van der Waals surface area contributed by atoms with Crippen molar-refractivity contribution >= 4 is 15.7 Å². The normalized spacial score (nSPS) is 20.1. The lowest BCUT2D eigenvalue weighted by Gasteiger charge is -2.10. The van der Waals surface area contributed by atoms with Crippen molar-refractivity contribution in [3.8, 4) is 5.75 Å². The van der Waals surface area contributed by atoms with Crippen molar-refractivity contribution in [2.24, 2.45) is 5.92 Å². The summed E-state index contributed by atoms with van der Waals surface area (Å²) in [5, 5.41) is 2.62. The Kier molecular flexibility index (Phi) is 4.66. The highest BCUT2D eigenvalue weighted by atomic mass is 32.2. The van der Waals surface area contributed by atoms with Crippen LogP contribution >= 0.6 is 0 Å². The van der Waals surface area contributed by atoms with Crippen molar-refractivity contribution in [2.45, 2.75) is 13.3 Å². The number of aryl methyl sites for hydroxylation is 1. The van der Waals surface area contributed by atoms with Crippen molar-refractivity contribution < 1.29 is 17.9 Å². The zero-order chi connectivity index (χ0) is 15.5. The number of ether oxygens (including phenoxy) is 1. The molecule has 7 nitrogen and oxygen atoms in total. The number of carbonyl (C=O) groups excluding carboxylic acids is 1. The summed E-state index contributed by atoms with van der Waals surface area (Å²) in [6.45, 7) is 1.78. The van der Waals surface area contributed by atoms with Crippen LogP contribution in [0.5, 0.6) is 5.75 Å². The molecule has 1 aliphatic rings. The maximum Gasteiger partial charge on any atom is 0.257 e. The molecule has 1 saturated heterocycles. The first-order valence-corrected chi connectivity index (χ1v) is 8.47. The maximum atomic E-state index is 11.6. The minimum atomic E-state index is -2.94. The molecule has 1 fully saturated rings. The standard InChI is InChI=1S/C13H18N2O5S/c1-9-4-11(16)12(6-14-9)20-7-13(17)15-5-10-2-3-21(18,19)8-10/h4,6,10H,2-3,5,7-8H2,1H3,(H,14,16)(H,15,17). The van der Waals surface area contributed by atoms with Gasteiger partial charge in [-0.1, -0.05) is 0 Å². The molecule has 1 aromatic rings. The second kappa shape index (κ2) is 6.30. The van der Waals surface area contributed by atoms with Gasteiger partial charge in [-0.25, -0.2) is 8.42 Å². The summed E-state index contributed by atoms with van der Waals surface area (Å²) in [7, 11) is -2.94. The Morgan fingerprint density at radius 1 is 1.52 bits per heavy atom. The van der Waals surface area contributed by atoms with Crippen LogP contribution in [0.4, 0.5) is 0 Å². The molecule has 1 amide bonds. The van der Waals surface area contributed by atoms with Crippen LogP contribution in [-0.4, -0.2) is 44.0 Å². The van der Waals surface area contributed by atoms with Crippen LogP contribution in [0.25, 0.3) is 0 Å². The molecule has 0 bridgehead atoms. The van der Waals surface area contributed by atoms with Crippen LogP contribution < -0.4 is 15.5 Å². The van der Waals surface area contributed by atoms with Gasteiger partial charge in [0, 0.05) is 24.5 Å². The largest absolute Gasteiger partial charge is 0.478 e. The molecule has 2 rings (SSSR count). The van der Waals surface area contributed by atoms with Crippen LogP contribution in [0.15, 0.2) is 17.1 Å². The average molecular weight is 314 g/mol. The number of hydrogen-bond acceptors (Lipinski definition) is 5. The molecule has 1 unspecified atom stereocenters. The van der Waals surface area contributed by atoms with E-state index in [1.165, 1.54) is 12.3 Å². The Morgan fingerprint density at radius 2 is 2.29 bits per heavy atom. The summed E-state index contributed by atoms with van der Waals surface area (Å²) in [5.41, 5.74) is 0.417. The molecule has 0 aliphatic carbocycles. The van der Waals surface area contributed by atoms with Crippen molar-refractivity contribution in [1.82, 2.24) is 10.3 Å². The third kappa shape index (κ3) is 4.59. The summed E-state index contributed by atoms with van der Waals surface area (Å²) < 4.78 is 27.7. The molecule has 0 aromatic carbocycles. The SMILES string of the molecule is Cc1cc(=O)c(OCC(=O)NCC2CCS(=O)(=O)C2)c[nH]1. The highest BCUT2D eigenvalue weighted by Crippen LogP contribution is 2.17. The molecule has 1 aromatic heterocycles. The maximum absolute atomic E-state index is 11.6. The van der Waals surface area contributed by atoms with E-state index in [1.807, 2.05) is 0 Å². The summed E-state index contributed by atoms with van der Waals surface area (Å²) in [6, 6.07) is 1.39. The first-order valence-electron chi connectivity index (χ1n) is 6.65. The van der Waals surface area contributed by atoms with E-state index in [0.717, 1.165) is 0 Å². The molecule has 1 aliphatic heterocycles. The Balaban J connectivity index is 1.76. The molecule has 0 saturated carbocycles. The fraction of sp³-hybridized carbons (Fsp3) is 0.538. The predicted octanol–water partition coefficient (Wildman–Crippen LogP) is -0.387. The smallest absolute Gasteiger partial charge is 0.257 e. The van der Waals surface area contributed by atoms with Crippen molar-refractivity contribution in [3.05, 3.63) is 28.2 Å². The fourth-order valence-corrected chi connectivity index (χ4v) is 4.02. The van der Waals surface area contributed by atoms with E-state index in [1.54, 1.807) is 6.92 Å². The van der Waals surface area contributed by atoms with Gasteiger partial charge in [0.05, 0.1) is 11.5 Å². The minimum absolute atomic E-state index is 0.0401. The molecule has 0 radical (unpaired) electrons. The van der Waals surface area contributed by atoms with E-state index in [0.29, 0.717) is 18.7 Å². The van der Waals surface area contributed by atoms with Gasteiger partial charge < -0.3 is 15.0 Å². The average Bonchev–Trinajstić information content (AvgIpc) is 2.75. The van der Waals surface area contributed by atoms with Gasteiger partial charge in [-0.2, -0.15) is 0 Å². The summed E-state index contributed by atoms with van der Waals surface area (Å²) in [5.74, 6) is -0.0330. The van der Waals surface area contributed by atoms with Crippen molar-refractivity contribution in [2.75, 3.05) is 24.7 Å². The van der Waals surface area contributed by atoms with Gasteiger partial charge in [-0.05, 0) is 19.3 Å². The van der Waals surface area contributed by atoms with E-state index in [4.69, 9.17) is 4.74 Å². The molecule has 2 N–H and O–H groups in total. The molecule has 0 spiro atoms. The number of carbonyl (C=O) groups is 1. The Labute approximate surface area is 122 Å². The molecular weight excluding hydrogens is 296 g/mol. The lowest BCUT2D eigenvalue weighted by molar-refractivity contribution is -0.123. The van der Waals surface area contributed by atoms with Crippen molar-refractivity contribution in [3.63, 3.8) is 0 Å². The van der Waals surface area contributed by atoms with Crippen LogP contribution in [0.2, 0.25) is 0 Å². The van der Waals surface area contributed by atoms with Gasteiger partial charge in [0.25, 0.3) is 5.91 Å². The first kappa shape index (κ1) is 15.6. The number of H-pyrrole nitrogens is 1. The summed E-state index contributed by atoms with van der Waals surface area (Å²) in [4.78, 5) is 26.0. The number of rotatable bonds is 5. The van der Waals surface area contributed by atoms with E-state index in [-0.39, 0.29) is 41.1 Å². The third-order valence-corrected chi connectivity index (χ3v) is 5.13. The Morgan fingerprint density at radius 3 is 2.90 bits per heavy atom. The number of aromatic nitrogens is 1. The zero-order valence-corrected chi connectivity index (χ0v) is 12.5. The van der Waals surface area contributed by atoms with Gasteiger partial charge in [0.15, 0.2) is 22.2 Å². The first-order chi connectivity index (χ1) is 9.85. The highest BCUT2D eigenvalue weighted by Gasteiger charge is 2.27. The number of nitrogens with one attached hydrogen (secondary N) is 2. The quantitative estimate of drug-likeness (QED) is 0.770. The molecule has 8 heteroatoms. The Bertz CT molecular complexity index is 680. The number of amides is 1. The van der Waals surface area contributed by atoms with E-state index in [2.05, 4.69) is 10.3 Å². The predicted molar refractivity (Wildman–Crippen MR) is 77.1 cm³/mol. The number of hydrogen-bond donors (Lipinski definition) is 2. The van der Waals surface area contributed by atoms with Crippen LogP contribution in [-0.2, 0) is 14.6 Å². The molecule has 2 heterocycles. The topological polar surface area (TPSA) is 105 Å². The molecule has 21 heavy (non-hydrogen) atoms. The molecular formula is C13H18N2O5S. The van der Waals surface area contributed by atoms with Crippen LogP contribution in [0, 0.1) is 12.8 Å². The van der Waals surface area contributed by atoms with E-state index in [9.17, 15) is 18.0 Å². The van der Waals surface area contributed by atoms with Gasteiger partial charge in [0.1, 0.15) is 0 Å². The fourth-order valence-electron chi connectivity index (χ4n) is 2.16. The Hall–Kier alpha value is -1.83.